The second kappa shape index (κ2) is 8.15. The lowest BCUT2D eigenvalue weighted by Crippen LogP contribution is -2.27. The van der Waals surface area contributed by atoms with Gasteiger partial charge in [-0.05, 0) is 24.1 Å². The zero-order valence-corrected chi connectivity index (χ0v) is 13.6. The van der Waals surface area contributed by atoms with Crippen LogP contribution in [0.15, 0.2) is 55.0 Å². The van der Waals surface area contributed by atoms with Gasteiger partial charge in [0.2, 0.25) is 5.88 Å². The number of methoxy groups -OCH3 is 1. The fourth-order valence-corrected chi connectivity index (χ4v) is 2.31. The van der Waals surface area contributed by atoms with Gasteiger partial charge in [0, 0.05) is 24.4 Å². The van der Waals surface area contributed by atoms with Crippen LogP contribution in [0, 0.1) is 5.82 Å². The van der Waals surface area contributed by atoms with Gasteiger partial charge in [-0.2, -0.15) is 0 Å². The van der Waals surface area contributed by atoms with Gasteiger partial charge in [0.25, 0.3) is 5.91 Å². The number of pyridine rings is 1. The Balaban J connectivity index is 1.64. The van der Waals surface area contributed by atoms with Gasteiger partial charge in [0.1, 0.15) is 11.5 Å². The molecule has 2 heterocycles. The van der Waals surface area contributed by atoms with E-state index in [1.165, 1.54) is 30.7 Å². The molecule has 7 heteroatoms. The largest absolute Gasteiger partial charge is 0.481 e. The van der Waals surface area contributed by atoms with E-state index in [1.807, 2.05) is 0 Å². The average Bonchev–Trinajstić information content (AvgIpc) is 2.69. The van der Waals surface area contributed by atoms with Crippen LogP contribution in [-0.2, 0) is 6.42 Å². The quantitative estimate of drug-likeness (QED) is 0.736. The summed E-state index contributed by atoms with van der Waals surface area (Å²) < 4.78 is 39.5. The summed E-state index contributed by atoms with van der Waals surface area (Å²) in [5, 5.41) is 2.68. The maximum absolute atomic E-state index is 13.6. The van der Waals surface area contributed by atoms with Crippen LogP contribution in [-0.4, -0.2) is 34.4 Å². The number of hydrogen-bond acceptors (Lipinski definition) is 5. The van der Waals surface area contributed by atoms with Gasteiger partial charge in [-0.3, -0.25) is 9.78 Å². The summed E-state index contributed by atoms with van der Waals surface area (Å²) in [4.78, 5) is 24.5. The minimum atomic E-state index is -2.59. The first-order chi connectivity index (χ1) is 13.8. The van der Waals surface area contributed by atoms with Gasteiger partial charge in [-0.25, -0.2) is 14.4 Å². The van der Waals surface area contributed by atoms with Crippen molar-refractivity contribution in [2.75, 3.05) is 13.6 Å². The minimum Gasteiger partial charge on any atom is -0.481 e. The number of ether oxygens (including phenoxy) is 1. The minimum absolute atomic E-state index is 0.0521. The van der Waals surface area contributed by atoms with E-state index >= 15 is 0 Å². The third-order valence-corrected chi connectivity index (χ3v) is 3.64. The van der Waals surface area contributed by atoms with E-state index < -0.39 is 12.9 Å². The summed E-state index contributed by atoms with van der Waals surface area (Å²) in [5.41, 5.74) is 1.54. The molecule has 0 radical (unpaired) electrons. The monoisotopic (exact) mass is 355 g/mol. The predicted octanol–water partition coefficient (Wildman–Crippen LogP) is 2.66. The van der Waals surface area contributed by atoms with Crippen molar-refractivity contribution in [3.63, 3.8) is 0 Å². The summed E-state index contributed by atoms with van der Waals surface area (Å²) in [5.74, 6) is -0.809. The SMILES string of the molecule is [2H]C([2H])([2H])Oc1ccc(-c2cncc(C(=O)NCCc3ccccc3F)n2)cn1. The number of nitrogens with zero attached hydrogens (tertiary/aromatic N) is 3. The van der Waals surface area contributed by atoms with Gasteiger partial charge in [0.05, 0.1) is 29.2 Å². The molecule has 1 amide bonds. The highest BCUT2D eigenvalue weighted by Gasteiger charge is 2.10. The zero-order chi connectivity index (χ0) is 20.9. The molecule has 2 aromatic heterocycles. The molecule has 0 fully saturated rings. The molecule has 26 heavy (non-hydrogen) atoms. The molecule has 3 aromatic rings. The third kappa shape index (κ3) is 4.18. The van der Waals surface area contributed by atoms with Gasteiger partial charge < -0.3 is 10.1 Å². The van der Waals surface area contributed by atoms with E-state index in [-0.39, 0.29) is 23.9 Å². The molecule has 0 unspecified atom stereocenters. The highest BCUT2D eigenvalue weighted by Crippen LogP contribution is 2.17. The summed E-state index contributed by atoms with van der Waals surface area (Å²) in [6, 6.07) is 9.33. The molecule has 0 saturated carbocycles. The smallest absolute Gasteiger partial charge is 0.271 e. The zero-order valence-electron chi connectivity index (χ0n) is 16.6. The first-order valence-corrected chi connectivity index (χ1v) is 7.81. The Labute approximate surface area is 154 Å². The number of hydrogen-bond donors (Lipinski definition) is 1. The van der Waals surface area contributed by atoms with Crippen LogP contribution in [0.2, 0.25) is 0 Å². The van der Waals surface area contributed by atoms with Crippen molar-refractivity contribution in [1.82, 2.24) is 20.3 Å². The second-order valence-electron chi connectivity index (χ2n) is 5.37. The Morgan fingerprint density at radius 1 is 1.23 bits per heavy atom. The van der Waals surface area contributed by atoms with E-state index in [4.69, 9.17) is 8.85 Å². The fourth-order valence-electron chi connectivity index (χ4n) is 2.31. The van der Waals surface area contributed by atoms with Gasteiger partial charge in [-0.1, -0.05) is 18.2 Å². The number of amides is 1. The van der Waals surface area contributed by atoms with Crippen LogP contribution in [0.4, 0.5) is 4.39 Å². The Morgan fingerprint density at radius 3 is 2.88 bits per heavy atom. The highest BCUT2D eigenvalue weighted by molar-refractivity contribution is 5.92. The molecule has 0 spiro atoms. The Morgan fingerprint density at radius 2 is 2.12 bits per heavy atom. The lowest BCUT2D eigenvalue weighted by Gasteiger charge is -2.07. The van der Waals surface area contributed by atoms with Crippen LogP contribution >= 0.6 is 0 Å². The molecule has 0 aliphatic heterocycles. The van der Waals surface area contributed by atoms with Crippen LogP contribution < -0.4 is 10.1 Å². The molecule has 0 aliphatic carbocycles. The van der Waals surface area contributed by atoms with Crippen molar-refractivity contribution in [2.24, 2.45) is 0 Å². The van der Waals surface area contributed by atoms with Crippen LogP contribution in [0.1, 0.15) is 20.2 Å². The molecule has 132 valence electrons. The Hall–Kier alpha value is -3.35. The van der Waals surface area contributed by atoms with Gasteiger partial charge in [0.15, 0.2) is 0 Å². The summed E-state index contributed by atoms with van der Waals surface area (Å²) in [6.07, 6.45) is 4.50. The maximum atomic E-state index is 13.6. The van der Waals surface area contributed by atoms with Crippen molar-refractivity contribution < 1.29 is 18.0 Å². The molecule has 0 atom stereocenters. The average molecular weight is 355 g/mol. The fraction of sp³-hybridized carbons (Fsp3) is 0.158. The second-order valence-corrected chi connectivity index (χ2v) is 5.37. The van der Waals surface area contributed by atoms with Crippen LogP contribution in [0.3, 0.4) is 0 Å². The van der Waals surface area contributed by atoms with E-state index in [0.717, 1.165) is 0 Å². The number of nitrogens with one attached hydrogen (secondary N) is 1. The first kappa shape index (κ1) is 13.9. The molecule has 0 bridgehead atoms. The molecule has 3 rings (SSSR count). The lowest BCUT2D eigenvalue weighted by molar-refractivity contribution is 0.0948. The van der Waals surface area contributed by atoms with Crippen molar-refractivity contribution in [3.05, 3.63) is 72.1 Å². The summed E-state index contributed by atoms with van der Waals surface area (Å²) >= 11 is 0. The van der Waals surface area contributed by atoms with E-state index in [1.54, 1.807) is 24.3 Å². The van der Waals surface area contributed by atoms with Crippen molar-refractivity contribution in [2.45, 2.75) is 6.42 Å². The molecular formula is C19H17FN4O2. The summed E-state index contributed by atoms with van der Waals surface area (Å²) in [6.45, 7) is 0.244. The molecule has 1 N–H and O–H groups in total. The van der Waals surface area contributed by atoms with E-state index in [9.17, 15) is 9.18 Å². The van der Waals surface area contributed by atoms with E-state index in [0.29, 0.717) is 23.2 Å². The molecular weight excluding hydrogens is 335 g/mol. The van der Waals surface area contributed by atoms with Gasteiger partial charge in [-0.15, -0.1) is 0 Å². The maximum Gasteiger partial charge on any atom is 0.271 e. The number of carbonyl (C=O) groups is 1. The highest BCUT2D eigenvalue weighted by atomic mass is 19.1. The summed E-state index contributed by atoms with van der Waals surface area (Å²) in [7, 11) is -2.59. The number of halogens is 1. The molecule has 0 aliphatic rings. The molecule has 0 saturated heterocycles. The van der Waals surface area contributed by atoms with Gasteiger partial charge >= 0.3 is 0 Å². The standard InChI is InChI=1S/C19H17FN4O2/c1-26-18-7-6-14(10-23-18)16-11-21-12-17(24-16)19(25)22-9-8-13-4-2-3-5-15(13)20/h2-7,10-12H,8-9H2,1H3,(H,22,25)/i1D3. The predicted molar refractivity (Wildman–Crippen MR) is 94.3 cm³/mol. The third-order valence-electron chi connectivity index (χ3n) is 3.64. The molecule has 1 aromatic carbocycles. The van der Waals surface area contributed by atoms with Crippen LogP contribution in [0.5, 0.6) is 5.88 Å². The van der Waals surface area contributed by atoms with Crippen molar-refractivity contribution in [3.8, 4) is 17.1 Å². The number of benzene rings is 1. The van der Waals surface area contributed by atoms with Crippen molar-refractivity contribution in [1.29, 1.82) is 0 Å². The molecule has 6 nitrogen and oxygen atoms in total. The first-order valence-electron chi connectivity index (χ1n) is 9.31. The van der Waals surface area contributed by atoms with E-state index in [2.05, 4.69) is 20.3 Å². The van der Waals surface area contributed by atoms with Crippen molar-refractivity contribution >= 4 is 5.91 Å². The Bertz CT molecular complexity index is 997. The number of rotatable bonds is 6. The lowest BCUT2D eigenvalue weighted by atomic mass is 10.1. The number of carbonyl (C=O) groups excluding carboxylic acids is 1. The Kier molecular flexibility index (Phi) is 4.35. The topological polar surface area (TPSA) is 77.0 Å². The normalized spacial score (nSPS) is 12.6. The number of aromatic nitrogens is 3. The van der Waals surface area contributed by atoms with Crippen LogP contribution in [0.25, 0.3) is 11.3 Å².